The third-order valence-electron chi connectivity index (χ3n) is 4.06. The van der Waals surface area contributed by atoms with Crippen LogP contribution in [0.15, 0.2) is 30.8 Å². The summed E-state index contributed by atoms with van der Waals surface area (Å²) >= 11 is 0. The number of nitriles is 1. The Morgan fingerprint density at radius 3 is 2.15 bits per heavy atom. The maximum Gasteiger partial charge on any atom is 0.328 e. The number of nitrogens with zero attached hydrogens (tertiary/aromatic N) is 1. The van der Waals surface area contributed by atoms with Gasteiger partial charge in [0.1, 0.15) is 0 Å². The third kappa shape index (κ3) is 2.60. The topological polar surface area (TPSA) is 61.1 Å². The Bertz CT molecular complexity index is 546. The summed E-state index contributed by atoms with van der Waals surface area (Å²) in [6.07, 6.45) is 1.69. The zero-order chi connectivity index (χ0) is 15.6. The lowest BCUT2D eigenvalue weighted by molar-refractivity contribution is -0.144. The van der Waals surface area contributed by atoms with E-state index in [4.69, 9.17) is 0 Å². The Hall–Kier alpha value is -2.08. The highest BCUT2D eigenvalue weighted by atomic mass is 16.4. The molecule has 0 fully saturated rings. The van der Waals surface area contributed by atoms with Crippen molar-refractivity contribution in [2.24, 2.45) is 11.3 Å². The Balaban J connectivity index is 3.49. The van der Waals surface area contributed by atoms with E-state index in [1.807, 2.05) is 33.8 Å². The van der Waals surface area contributed by atoms with Crippen LogP contribution in [0.2, 0.25) is 0 Å². The van der Waals surface area contributed by atoms with E-state index in [9.17, 15) is 15.2 Å². The highest BCUT2D eigenvalue weighted by Crippen LogP contribution is 2.42. The van der Waals surface area contributed by atoms with E-state index in [1.165, 1.54) is 0 Å². The van der Waals surface area contributed by atoms with Crippen molar-refractivity contribution in [2.75, 3.05) is 0 Å². The number of carboxylic acid groups (broad SMARTS) is 1. The number of carboxylic acids is 1. The summed E-state index contributed by atoms with van der Waals surface area (Å²) in [6.45, 7) is 11.3. The van der Waals surface area contributed by atoms with Crippen LogP contribution in [0, 0.1) is 22.7 Å². The molecule has 0 saturated carbocycles. The number of aliphatic carboxylic acids is 1. The van der Waals surface area contributed by atoms with Crippen LogP contribution in [0.1, 0.15) is 38.8 Å². The number of hydrogen-bond acceptors (Lipinski definition) is 2. The van der Waals surface area contributed by atoms with Gasteiger partial charge in [0, 0.05) is 0 Å². The minimum atomic E-state index is -1.54. The van der Waals surface area contributed by atoms with Gasteiger partial charge in [-0.15, -0.1) is 0 Å². The summed E-state index contributed by atoms with van der Waals surface area (Å²) in [5, 5.41) is 19.3. The highest BCUT2D eigenvalue weighted by Gasteiger charge is 2.50. The summed E-state index contributed by atoms with van der Waals surface area (Å²) in [4.78, 5) is 11.9. The standard InChI is InChI=1S/C17H21NO2/c1-6-13-7-9-14(10-8-13)17(11-18,15(19)20)12(2)16(3,4)5/h6-10,12H,1H2,2-5H3,(H,19,20). The van der Waals surface area contributed by atoms with E-state index in [0.717, 1.165) is 5.56 Å². The van der Waals surface area contributed by atoms with E-state index in [2.05, 4.69) is 6.58 Å². The van der Waals surface area contributed by atoms with Gasteiger partial charge in [-0.2, -0.15) is 5.26 Å². The highest BCUT2D eigenvalue weighted by molar-refractivity contribution is 5.85. The van der Waals surface area contributed by atoms with Crippen molar-refractivity contribution in [3.63, 3.8) is 0 Å². The number of hydrogen-bond donors (Lipinski definition) is 1. The predicted molar refractivity (Wildman–Crippen MR) is 80.1 cm³/mol. The molecule has 2 unspecified atom stereocenters. The van der Waals surface area contributed by atoms with Gasteiger partial charge in [0.25, 0.3) is 0 Å². The van der Waals surface area contributed by atoms with E-state index < -0.39 is 11.4 Å². The number of carbonyl (C=O) groups is 1. The quantitative estimate of drug-likeness (QED) is 0.904. The van der Waals surface area contributed by atoms with Gasteiger partial charge in [0.15, 0.2) is 5.41 Å². The molecule has 1 N–H and O–H groups in total. The summed E-state index contributed by atoms with van der Waals surface area (Å²) in [6, 6.07) is 9.03. The average molecular weight is 271 g/mol. The maximum absolute atomic E-state index is 11.9. The molecule has 0 amide bonds. The first-order valence-electron chi connectivity index (χ1n) is 6.57. The van der Waals surface area contributed by atoms with Crippen molar-refractivity contribution in [3.05, 3.63) is 42.0 Å². The SMILES string of the molecule is C=Cc1ccc(C(C#N)(C(=O)O)C(C)C(C)(C)C)cc1. The molecule has 3 heteroatoms. The molecule has 0 aliphatic heterocycles. The summed E-state index contributed by atoms with van der Waals surface area (Å²) in [7, 11) is 0. The molecule has 0 saturated heterocycles. The van der Waals surface area contributed by atoms with Crippen molar-refractivity contribution in [1.82, 2.24) is 0 Å². The molecule has 20 heavy (non-hydrogen) atoms. The number of benzene rings is 1. The smallest absolute Gasteiger partial charge is 0.328 e. The lowest BCUT2D eigenvalue weighted by Gasteiger charge is -2.38. The molecule has 1 rings (SSSR count). The summed E-state index contributed by atoms with van der Waals surface area (Å²) in [5.74, 6) is -1.44. The van der Waals surface area contributed by atoms with Gasteiger partial charge in [-0.3, -0.25) is 4.79 Å². The largest absolute Gasteiger partial charge is 0.480 e. The van der Waals surface area contributed by atoms with Crippen LogP contribution >= 0.6 is 0 Å². The Morgan fingerprint density at radius 2 is 1.85 bits per heavy atom. The third-order valence-corrected chi connectivity index (χ3v) is 4.06. The molecule has 1 aromatic carbocycles. The zero-order valence-corrected chi connectivity index (χ0v) is 12.5. The molecule has 106 valence electrons. The van der Waals surface area contributed by atoms with Gasteiger partial charge in [-0.25, -0.2) is 0 Å². The van der Waals surface area contributed by atoms with Crippen LogP contribution in [-0.4, -0.2) is 11.1 Å². The van der Waals surface area contributed by atoms with Crippen LogP contribution in [0.4, 0.5) is 0 Å². The van der Waals surface area contributed by atoms with Crippen molar-refractivity contribution in [3.8, 4) is 6.07 Å². The monoisotopic (exact) mass is 271 g/mol. The van der Waals surface area contributed by atoms with Crippen LogP contribution in [0.5, 0.6) is 0 Å². The van der Waals surface area contributed by atoms with Crippen molar-refractivity contribution < 1.29 is 9.90 Å². The molecule has 3 nitrogen and oxygen atoms in total. The summed E-state index contributed by atoms with van der Waals surface area (Å²) in [5.41, 5.74) is -0.432. The minimum absolute atomic E-state index is 0.300. The van der Waals surface area contributed by atoms with Gasteiger partial charge >= 0.3 is 5.97 Å². The van der Waals surface area contributed by atoms with E-state index >= 15 is 0 Å². The van der Waals surface area contributed by atoms with E-state index in [1.54, 1.807) is 30.3 Å². The second kappa shape index (κ2) is 5.50. The lowest BCUT2D eigenvalue weighted by atomic mass is 9.62. The Labute approximate surface area is 120 Å². The lowest BCUT2D eigenvalue weighted by Crippen LogP contribution is -2.46. The first kappa shape index (κ1) is 16.0. The van der Waals surface area contributed by atoms with Crippen LogP contribution in [0.3, 0.4) is 0 Å². The fraction of sp³-hybridized carbons (Fsp3) is 0.412. The van der Waals surface area contributed by atoms with Crippen molar-refractivity contribution in [1.29, 1.82) is 5.26 Å². The summed E-state index contributed by atoms with van der Waals surface area (Å²) < 4.78 is 0. The van der Waals surface area contributed by atoms with E-state index in [-0.39, 0.29) is 11.3 Å². The fourth-order valence-corrected chi connectivity index (χ4v) is 2.30. The van der Waals surface area contributed by atoms with Gasteiger partial charge < -0.3 is 5.11 Å². The van der Waals surface area contributed by atoms with Crippen LogP contribution < -0.4 is 0 Å². The van der Waals surface area contributed by atoms with Crippen molar-refractivity contribution >= 4 is 12.0 Å². The molecular formula is C17H21NO2. The van der Waals surface area contributed by atoms with Crippen LogP contribution in [-0.2, 0) is 10.2 Å². The molecule has 0 aromatic heterocycles. The Morgan fingerprint density at radius 1 is 1.35 bits per heavy atom. The first-order chi connectivity index (χ1) is 9.20. The predicted octanol–water partition coefficient (Wildman–Crippen LogP) is 3.86. The van der Waals surface area contributed by atoms with Gasteiger partial charge in [-0.1, -0.05) is 64.6 Å². The second-order valence-electron chi connectivity index (χ2n) is 6.14. The molecular weight excluding hydrogens is 250 g/mol. The van der Waals surface area contributed by atoms with Crippen molar-refractivity contribution in [2.45, 2.75) is 33.1 Å². The molecule has 1 aromatic rings. The molecule has 0 radical (unpaired) electrons. The second-order valence-corrected chi connectivity index (χ2v) is 6.14. The molecule has 2 atom stereocenters. The number of rotatable bonds is 4. The zero-order valence-electron chi connectivity index (χ0n) is 12.5. The molecule has 0 heterocycles. The molecule has 0 aliphatic rings. The van der Waals surface area contributed by atoms with Crippen LogP contribution in [0.25, 0.3) is 6.08 Å². The fourth-order valence-electron chi connectivity index (χ4n) is 2.30. The average Bonchev–Trinajstić information content (AvgIpc) is 2.39. The minimum Gasteiger partial charge on any atom is -0.480 e. The molecule has 0 spiro atoms. The van der Waals surface area contributed by atoms with Gasteiger partial charge in [0.2, 0.25) is 0 Å². The van der Waals surface area contributed by atoms with Gasteiger partial charge in [-0.05, 0) is 22.5 Å². The molecule has 0 bridgehead atoms. The van der Waals surface area contributed by atoms with Gasteiger partial charge in [0.05, 0.1) is 6.07 Å². The first-order valence-corrected chi connectivity index (χ1v) is 6.57. The molecule has 0 aliphatic carbocycles. The van der Waals surface area contributed by atoms with E-state index in [0.29, 0.717) is 5.56 Å². The Kier molecular flexibility index (Phi) is 4.39. The normalized spacial score (nSPS) is 15.8. The maximum atomic E-state index is 11.9.